The van der Waals surface area contributed by atoms with Gasteiger partial charge in [-0.25, -0.2) is 4.39 Å². The van der Waals surface area contributed by atoms with Crippen molar-refractivity contribution < 1.29 is 23.5 Å². The quantitative estimate of drug-likeness (QED) is 0.256. The zero-order valence-corrected chi connectivity index (χ0v) is 21.2. The van der Waals surface area contributed by atoms with Crippen LogP contribution in [0.15, 0.2) is 70.7 Å². The molecule has 9 heteroatoms. The molecule has 7 nitrogen and oxygen atoms in total. The van der Waals surface area contributed by atoms with Gasteiger partial charge >= 0.3 is 0 Å². The molecule has 0 aliphatic rings. The molecular formula is C27H23BrFN3O4. The van der Waals surface area contributed by atoms with Gasteiger partial charge in [0.1, 0.15) is 17.5 Å². The van der Waals surface area contributed by atoms with Gasteiger partial charge in [-0.3, -0.25) is 9.59 Å². The van der Waals surface area contributed by atoms with E-state index in [1.165, 1.54) is 30.3 Å². The number of halogens is 2. The van der Waals surface area contributed by atoms with Gasteiger partial charge in [0.25, 0.3) is 11.8 Å². The normalized spacial score (nSPS) is 10.8. The molecule has 0 unspecified atom stereocenters. The highest BCUT2D eigenvalue weighted by atomic mass is 79.9. The topological polar surface area (TPSA) is 100 Å². The molecule has 0 aliphatic carbocycles. The first-order valence-electron chi connectivity index (χ1n) is 10.9. The molecule has 0 aliphatic heterocycles. The van der Waals surface area contributed by atoms with Crippen molar-refractivity contribution in [2.45, 2.75) is 13.8 Å². The predicted octanol–water partition coefficient (Wildman–Crippen LogP) is 5.86. The van der Waals surface area contributed by atoms with Gasteiger partial charge in [-0.05, 0) is 89.9 Å². The Morgan fingerprint density at radius 2 is 1.67 bits per heavy atom. The summed E-state index contributed by atoms with van der Waals surface area (Å²) in [5.74, 6) is -0.793. The van der Waals surface area contributed by atoms with Crippen LogP contribution in [-0.2, 0) is 9.59 Å². The molecule has 0 radical (unpaired) electrons. The van der Waals surface area contributed by atoms with Crippen LogP contribution < -0.4 is 20.1 Å². The van der Waals surface area contributed by atoms with Crippen molar-refractivity contribution in [1.82, 2.24) is 0 Å². The number of nitrogens with one attached hydrogen (secondary N) is 2. The number of amides is 2. The first-order chi connectivity index (χ1) is 17.3. The smallest absolute Gasteiger partial charge is 0.266 e. The lowest BCUT2D eigenvalue weighted by molar-refractivity contribution is -0.118. The molecule has 36 heavy (non-hydrogen) atoms. The molecule has 3 aromatic carbocycles. The highest BCUT2D eigenvalue weighted by Crippen LogP contribution is 2.37. The lowest BCUT2D eigenvalue weighted by Crippen LogP contribution is -2.20. The number of carbonyl (C=O) groups excluding carboxylic acids is 2. The summed E-state index contributed by atoms with van der Waals surface area (Å²) in [5, 5.41) is 14.9. The Bertz CT molecular complexity index is 1320. The number of nitriles is 1. The zero-order valence-electron chi connectivity index (χ0n) is 19.6. The average molecular weight is 552 g/mol. The van der Waals surface area contributed by atoms with E-state index in [1.54, 1.807) is 31.2 Å². The molecule has 0 fully saturated rings. The molecule has 0 bridgehead atoms. The Balaban J connectivity index is 1.76. The largest absolute Gasteiger partial charge is 0.490 e. The maximum absolute atomic E-state index is 13.0. The van der Waals surface area contributed by atoms with Crippen LogP contribution in [0.3, 0.4) is 0 Å². The number of rotatable bonds is 9. The average Bonchev–Trinajstić information content (AvgIpc) is 2.85. The SMILES string of the molecule is CCOc1cc(/C=C(/C#N)C(=O)Nc2ccc(C)cc2)cc(Br)c1OCC(=O)Nc1ccc(F)cc1. The van der Waals surface area contributed by atoms with E-state index in [1.807, 2.05) is 25.1 Å². The zero-order chi connectivity index (χ0) is 26.1. The molecule has 3 aromatic rings. The van der Waals surface area contributed by atoms with E-state index in [0.29, 0.717) is 33.8 Å². The van der Waals surface area contributed by atoms with Crippen molar-refractivity contribution in [3.05, 3.63) is 87.7 Å². The second-order valence-corrected chi connectivity index (χ2v) is 8.45. The summed E-state index contributed by atoms with van der Waals surface area (Å²) in [6.07, 6.45) is 1.43. The Hall–Kier alpha value is -4.16. The van der Waals surface area contributed by atoms with Gasteiger partial charge in [-0.1, -0.05) is 17.7 Å². The van der Waals surface area contributed by atoms with E-state index in [9.17, 15) is 19.2 Å². The molecule has 184 valence electrons. The van der Waals surface area contributed by atoms with Crippen LogP contribution >= 0.6 is 15.9 Å². The van der Waals surface area contributed by atoms with Crippen LogP contribution in [0.5, 0.6) is 11.5 Å². The van der Waals surface area contributed by atoms with Gasteiger partial charge < -0.3 is 20.1 Å². The minimum atomic E-state index is -0.548. The summed E-state index contributed by atoms with van der Waals surface area (Å²) < 4.78 is 24.8. The number of anilines is 2. The van der Waals surface area contributed by atoms with Crippen LogP contribution in [0, 0.1) is 24.1 Å². The molecular weight excluding hydrogens is 529 g/mol. The molecule has 0 heterocycles. The second kappa shape index (κ2) is 12.5. The summed E-state index contributed by atoms with van der Waals surface area (Å²) in [4.78, 5) is 24.9. The number of ether oxygens (including phenoxy) is 2. The molecule has 0 spiro atoms. The first-order valence-corrected chi connectivity index (χ1v) is 11.7. The molecule has 0 atom stereocenters. The van der Waals surface area contributed by atoms with Crippen molar-refractivity contribution >= 4 is 45.2 Å². The standard InChI is InChI=1S/C27H23BrFN3O4/c1-3-35-24-14-18(12-19(15-30)27(34)32-22-8-4-17(2)5-9-22)13-23(28)26(24)36-16-25(33)31-21-10-6-20(29)7-11-21/h4-14H,3,16H2,1-2H3,(H,31,33)(H,32,34)/b19-12-. The van der Waals surface area contributed by atoms with E-state index >= 15 is 0 Å². The number of carbonyl (C=O) groups is 2. The first kappa shape index (κ1) is 26.4. The third-order valence-corrected chi connectivity index (χ3v) is 5.38. The molecule has 0 aromatic heterocycles. The summed E-state index contributed by atoms with van der Waals surface area (Å²) >= 11 is 3.41. The van der Waals surface area contributed by atoms with E-state index in [2.05, 4.69) is 26.6 Å². The fraction of sp³-hybridized carbons (Fsp3) is 0.148. The van der Waals surface area contributed by atoms with E-state index < -0.39 is 17.6 Å². The summed E-state index contributed by atoms with van der Waals surface area (Å²) in [6, 6.07) is 17.8. The third-order valence-electron chi connectivity index (χ3n) is 4.79. The lowest BCUT2D eigenvalue weighted by atomic mass is 10.1. The Labute approximate surface area is 216 Å². The minimum Gasteiger partial charge on any atom is -0.490 e. The van der Waals surface area contributed by atoms with E-state index in [0.717, 1.165) is 5.56 Å². The van der Waals surface area contributed by atoms with E-state index in [-0.39, 0.29) is 17.9 Å². The molecule has 0 saturated heterocycles. The maximum atomic E-state index is 13.0. The monoisotopic (exact) mass is 551 g/mol. The molecule has 3 rings (SSSR count). The number of benzene rings is 3. The molecule has 2 N–H and O–H groups in total. The molecule has 0 saturated carbocycles. The van der Waals surface area contributed by atoms with Crippen LogP contribution in [0.4, 0.5) is 15.8 Å². The fourth-order valence-electron chi connectivity index (χ4n) is 3.09. The summed E-state index contributed by atoms with van der Waals surface area (Å²) in [7, 11) is 0. The van der Waals surface area contributed by atoms with Gasteiger partial charge in [0.2, 0.25) is 0 Å². The minimum absolute atomic E-state index is 0.0998. The van der Waals surface area contributed by atoms with Crippen LogP contribution in [0.25, 0.3) is 6.08 Å². The highest BCUT2D eigenvalue weighted by Gasteiger charge is 2.16. The van der Waals surface area contributed by atoms with Crippen LogP contribution in [-0.4, -0.2) is 25.0 Å². The number of nitrogens with zero attached hydrogens (tertiary/aromatic N) is 1. The predicted molar refractivity (Wildman–Crippen MR) is 139 cm³/mol. The maximum Gasteiger partial charge on any atom is 0.266 e. The van der Waals surface area contributed by atoms with Gasteiger partial charge in [0.05, 0.1) is 11.1 Å². The fourth-order valence-corrected chi connectivity index (χ4v) is 3.67. The van der Waals surface area contributed by atoms with Crippen LogP contribution in [0.2, 0.25) is 0 Å². The van der Waals surface area contributed by atoms with Crippen molar-refractivity contribution in [2.75, 3.05) is 23.8 Å². The van der Waals surface area contributed by atoms with Gasteiger partial charge in [-0.2, -0.15) is 5.26 Å². The summed E-state index contributed by atoms with van der Waals surface area (Å²) in [6.45, 7) is 3.72. The second-order valence-electron chi connectivity index (χ2n) is 7.60. The third kappa shape index (κ3) is 7.42. The van der Waals surface area contributed by atoms with Crippen molar-refractivity contribution in [2.24, 2.45) is 0 Å². The Morgan fingerprint density at radius 3 is 2.31 bits per heavy atom. The molecule has 2 amide bonds. The van der Waals surface area contributed by atoms with Gasteiger partial charge in [0.15, 0.2) is 18.1 Å². The highest BCUT2D eigenvalue weighted by molar-refractivity contribution is 9.10. The Kier molecular flexibility index (Phi) is 9.19. The van der Waals surface area contributed by atoms with Gasteiger partial charge in [0, 0.05) is 11.4 Å². The van der Waals surface area contributed by atoms with E-state index in [4.69, 9.17) is 9.47 Å². The van der Waals surface area contributed by atoms with Crippen molar-refractivity contribution in [1.29, 1.82) is 5.26 Å². The van der Waals surface area contributed by atoms with Gasteiger partial charge in [-0.15, -0.1) is 0 Å². The van der Waals surface area contributed by atoms with Crippen molar-refractivity contribution in [3.63, 3.8) is 0 Å². The van der Waals surface area contributed by atoms with Crippen molar-refractivity contribution in [3.8, 4) is 17.6 Å². The number of hydrogen-bond acceptors (Lipinski definition) is 5. The van der Waals surface area contributed by atoms with Crippen LogP contribution in [0.1, 0.15) is 18.1 Å². The summed E-state index contributed by atoms with van der Waals surface area (Å²) in [5.41, 5.74) is 2.47. The Morgan fingerprint density at radius 1 is 1.03 bits per heavy atom. The lowest BCUT2D eigenvalue weighted by Gasteiger charge is -2.15. The number of hydrogen-bond donors (Lipinski definition) is 2. The number of aryl methyl sites for hydroxylation is 1.